The zero-order valence-corrected chi connectivity index (χ0v) is 9.05. The minimum Gasteiger partial charge on any atom is -0.343 e. The predicted molar refractivity (Wildman–Crippen MR) is 62.5 cm³/mol. The van der Waals surface area contributed by atoms with Crippen LogP contribution in [0.4, 0.5) is 0 Å². The first-order chi connectivity index (χ1) is 6.75. The van der Waals surface area contributed by atoms with Crippen LogP contribution in [0, 0.1) is 0 Å². The molecule has 0 amide bonds. The molecule has 0 saturated heterocycles. The van der Waals surface area contributed by atoms with E-state index >= 15 is 0 Å². The highest BCUT2D eigenvalue weighted by Gasteiger charge is 1.93. The summed E-state index contributed by atoms with van der Waals surface area (Å²) in [6.07, 6.45) is 3.72. The van der Waals surface area contributed by atoms with Crippen molar-refractivity contribution in [3.05, 3.63) is 22.8 Å². The number of nitrogens with one attached hydrogen (secondary N) is 1. The van der Waals surface area contributed by atoms with Gasteiger partial charge in [-0.3, -0.25) is 0 Å². The smallest absolute Gasteiger partial charge is 0.0338 e. The average molecular weight is 192 g/mol. The summed E-state index contributed by atoms with van der Waals surface area (Å²) in [4.78, 5) is 0. The summed E-state index contributed by atoms with van der Waals surface area (Å²) in [5.41, 5.74) is 0. The maximum Gasteiger partial charge on any atom is 0.0338 e. The van der Waals surface area contributed by atoms with Crippen molar-refractivity contribution in [2.75, 3.05) is 13.6 Å². The van der Waals surface area contributed by atoms with Gasteiger partial charge in [-0.2, -0.15) is 0 Å². The average Bonchev–Trinajstić information content (AvgIpc) is 2.48. The molecule has 0 spiro atoms. The minimum atomic E-state index is 1.05. The Labute approximate surface area is 85.9 Å². The molecule has 14 heavy (non-hydrogen) atoms. The van der Waals surface area contributed by atoms with Crippen LogP contribution < -0.4 is 16.0 Å². The van der Waals surface area contributed by atoms with Crippen molar-refractivity contribution in [3.8, 4) is 0 Å². The zero-order valence-electron chi connectivity index (χ0n) is 9.05. The number of rotatable bonds is 6. The van der Waals surface area contributed by atoms with Gasteiger partial charge in [0.25, 0.3) is 0 Å². The summed E-state index contributed by atoms with van der Waals surface area (Å²) in [6, 6.07) is 4.05. The molecule has 0 atom stereocenters. The largest absolute Gasteiger partial charge is 0.343 e. The third kappa shape index (κ3) is 3.04. The Morgan fingerprint density at radius 3 is 2.36 bits per heavy atom. The molecule has 78 valence electrons. The Morgan fingerprint density at radius 1 is 1.14 bits per heavy atom. The maximum absolute atomic E-state index is 3.97. The standard InChI is InChI=1S/C12H20N2/c1-11-7-8-12(2)14(11)10-6-4-5-9-13-3/h7-8,13H,1-2,4-6,9-10H2,3H3. The van der Waals surface area contributed by atoms with Crippen LogP contribution in [0.15, 0.2) is 12.1 Å². The summed E-state index contributed by atoms with van der Waals surface area (Å²) in [5.74, 6) is 0. The molecule has 0 bridgehead atoms. The Bertz CT molecular complexity index is 323. The van der Waals surface area contributed by atoms with Gasteiger partial charge in [-0.15, -0.1) is 0 Å². The van der Waals surface area contributed by atoms with Gasteiger partial charge in [-0.05, 0) is 38.6 Å². The van der Waals surface area contributed by atoms with E-state index in [4.69, 9.17) is 0 Å². The van der Waals surface area contributed by atoms with E-state index in [9.17, 15) is 0 Å². The molecule has 0 radical (unpaired) electrons. The fraction of sp³-hybridized carbons (Fsp3) is 0.500. The van der Waals surface area contributed by atoms with E-state index in [1.54, 1.807) is 0 Å². The third-order valence-electron chi connectivity index (χ3n) is 2.47. The van der Waals surface area contributed by atoms with Gasteiger partial charge in [0.15, 0.2) is 0 Å². The first kappa shape index (κ1) is 11.1. The van der Waals surface area contributed by atoms with Crippen molar-refractivity contribution in [2.45, 2.75) is 25.8 Å². The monoisotopic (exact) mass is 192 g/mol. The molecule has 0 aliphatic heterocycles. The first-order valence-corrected chi connectivity index (χ1v) is 5.23. The Morgan fingerprint density at radius 2 is 1.79 bits per heavy atom. The topological polar surface area (TPSA) is 17.0 Å². The molecule has 2 heteroatoms. The molecule has 0 saturated carbocycles. The van der Waals surface area contributed by atoms with Gasteiger partial charge in [0.2, 0.25) is 0 Å². The number of hydrogen-bond acceptors (Lipinski definition) is 1. The molecular weight excluding hydrogens is 172 g/mol. The Hall–Kier alpha value is -1.02. The Kier molecular flexibility index (Phi) is 4.47. The molecule has 0 fully saturated rings. The van der Waals surface area contributed by atoms with Gasteiger partial charge >= 0.3 is 0 Å². The normalized spacial score (nSPS) is 10.6. The second kappa shape index (κ2) is 5.66. The van der Waals surface area contributed by atoms with Gasteiger partial charge in [0.05, 0.1) is 0 Å². The van der Waals surface area contributed by atoms with Gasteiger partial charge in [-0.25, -0.2) is 0 Å². The van der Waals surface area contributed by atoms with E-state index in [1.165, 1.54) is 19.3 Å². The van der Waals surface area contributed by atoms with Crippen molar-refractivity contribution in [2.24, 2.45) is 0 Å². The fourth-order valence-corrected chi connectivity index (χ4v) is 1.59. The van der Waals surface area contributed by atoms with Crippen LogP contribution in [-0.4, -0.2) is 18.2 Å². The molecule has 0 aliphatic carbocycles. The molecule has 1 heterocycles. The number of nitrogens with zero attached hydrogens (tertiary/aromatic N) is 1. The molecule has 0 unspecified atom stereocenters. The van der Waals surface area contributed by atoms with E-state index in [1.807, 2.05) is 19.2 Å². The molecule has 0 aliphatic rings. The summed E-state index contributed by atoms with van der Waals surface area (Å²) in [7, 11) is 1.99. The molecule has 2 nitrogen and oxygen atoms in total. The molecular formula is C12H20N2. The van der Waals surface area contributed by atoms with Crippen LogP contribution in [0.5, 0.6) is 0 Å². The lowest BCUT2D eigenvalue weighted by atomic mass is 10.2. The highest BCUT2D eigenvalue weighted by atomic mass is 14.9. The predicted octanol–water partition coefficient (Wildman–Crippen LogP) is 0.698. The Balaban J connectivity index is 2.32. The van der Waals surface area contributed by atoms with Crippen molar-refractivity contribution in [1.82, 2.24) is 9.88 Å². The molecule has 1 aromatic heterocycles. The van der Waals surface area contributed by atoms with Crippen LogP contribution >= 0.6 is 0 Å². The van der Waals surface area contributed by atoms with E-state index in [0.717, 1.165) is 23.8 Å². The van der Waals surface area contributed by atoms with Crippen LogP contribution in [0.1, 0.15) is 19.3 Å². The van der Waals surface area contributed by atoms with Crippen LogP contribution in [0.3, 0.4) is 0 Å². The maximum atomic E-state index is 3.97. The van der Waals surface area contributed by atoms with Crippen molar-refractivity contribution in [1.29, 1.82) is 0 Å². The number of unbranched alkanes of at least 4 members (excludes halogenated alkanes) is 2. The van der Waals surface area contributed by atoms with Crippen LogP contribution in [0.25, 0.3) is 13.2 Å². The summed E-state index contributed by atoms with van der Waals surface area (Å²) in [6.45, 7) is 10.1. The highest BCUT2D eigenvalue weighted by molar-refractivity contribution is 5.08. The lowest BCUT2D eigenvalue weighted by Gasteiger charge is -2.04. The third-order valence-corrected chi connectivity index (χ3v) is 2.47. The van der Waals surface area contributed by atoms with Gasteiger partial charge in [0.1, 0.15) is 0 Å². The first-order valence-electron chi connectivity index (χ1n) is 5.23. The molecule has 1 aromatic rings. The molecule has 0 aromatic carbocycles. The highest BCUT2D eigenvalue weighted by Crippen LogP contribution is 1.94. The van der Waals surface area contributed by atoms with Gasteiger partial charge < -0.3 is 9.88 Å². The van der Waals surface area contributed by atoms with Gasteiger partial charge in [-0.1, -0.05) is 19.6 Å². The van der Waals surface area contributed by atoms with E-state index in [2.05, 4.69) is 23.0 Å². The minimum absolute atomic E-state index is 1.05. The SMILES string of the molecule is C=c1ccc(=C)n1CCCCCNC. The fourth-order valence-electron chi connectivity index (χ4n) is 1.59. The second-order valence-corrected chi connectivity index (χ2v) is 3.63. The summed E-state index contributed by atoms with van der Waals surface area (Å²) in [5, 5.41) is 5.30. The van der Waals surface area contributed by atoms with E-state index in [0.29, 0.717) is 0 Å². The lowest BCUT2D eigenvalue weighted by molar-refractivity contribution is 0.563. The molecule has 1 rings (SSSR count). The number of aromatic nitrogens is 1. The summed E-state index contributed by atoms with van der Waals surface area (Å²) < 4.78 is 2.18. The van der Waals surface area contributed by atoms with Gasteiger partial charge in [0, 0.05) is 17.2 Å². The summed E-state index contributed by atoms with van der Waals surface area (Å²) >= 11 is 0. The lowest BCUT2D eigenvalue weighted by Crippen LogP contribution is -2.24. The second-order valence-electron chi connectivity index (χ2n) is 3.63. The number of hydrogen-bond donors (Lipinski definition) is 1. The van der Waals surface area contributed by atoms with Crippen LogP contribution in [-0.2, 0) is 6.54 Å². The van der Waals surface area contributed by atoms with Crippen molar-refractivity contribution < 1.29 is 0 Å². The van der Waals surface area contributed by atoms with E-state index in [-0.39, 0.29) is 0 Å². The van der Waals surface area contributed by atoms with Crippen molar-refractivity contribution in [3.63, 3.8) is 0 Å². The quantitative estimate of drug-likeness (QED) is 0.657. The zero-order chi connectivity index (χ0) is 10.4. The van der Waals surface area contributed by atoms with E-state index < -0.39 is 0 Å². The molecule has 1 N–H and O–H groups in total. The van der Waals surface area contributed by atoms with Crippen molar-refractivity contribution >= 4 is 13.2 Å². The van der Waals surface area contributed by atoms with Crippen LogP contribution in [0.2, 0.25) is 0 Å².